The zero-order valence-corrected chi connectivity index (χ0v) is 9.53. The molecule has 0 spiro atoms. The molecule has 0 amide bonds. The van der Waals surface area contributed by atoms with Crippen molar-refractivity contribution in [1.82, 2.24) is 4.90 Å². The molecule has 1 aromatic rings. The minimum absolute atomic E-state index is 0.0932. The van der Waals surface area contributed by atoms with Crippen molar-refractivity contribution < 1.29 is 4.39 Å². The van der Waals surface area contributed by atoms with Crippen molar-refractivity contribution in [2.45, 2.75) is 25.2 Å². The molecular weight excluding hydrogens is 201 g/mol. The molecule has 2 heteroatoms. The lowest BCUT2D eigenvalue weighted by atomic mass is 10.1. The van der Waals surface area contributed by atoms with Gasteiger partial charge in [-0.3, -0.25) is 0 Å². The molecule has 3 rings (SSSR count). The Morgan fingerprint density at radius 1 is 1.25 bits per heavy atom. The van der Waals surface area contributed by atoms with Gasteiger partial charge in [0.1, 0.15) is 5.82 Å². The van der Waals surface area contributed by atoms with Crippen molar-refractivity contribution in [3.63, 3.8) is 0 Å². The average Bonchev–Trinajstić information content (AvgIpc) is 2.83. The van der Waals surface area contributed by atoms with E-state index < -0.39 is 0 Å². The highest BCUT2D eigenvalue weighted by Gasteiger charge is 2.39. The molecule has 2 aliphatic rings. The molecule has 2 unspecified atom stereocenters. The molecule has 1 aliphatic carbocycles. The molecule has 2 atom stereocenters. The Labute approximate surface area is 96.3 Å². The topological polar surface area (TPSA) is 3.24 Å². The summed E-state index contributed by atoms with van der Waals surface area (Å²) in [5.74, 6) is 1.31. The molecule has 1 heterocycles. The second-order valence-electron chi connectivity index (χ2n) is 5.16. The van der Waals surface area contributed by atoms with E-state index in [2.05, 4.69) is 11.0 Å². The summed E-state index contributed by atoms with van der Waals surface area (Å²) in [7, 11) is 0. The van der Waals surface area contributed by atoms with Crippen molar-refractivity contribution in [3.05, 3.63) is 35.6 Å². The molecular formula is C14H18FN. The first kappa shape index (κ1) is 10.3. The van der Waals surface area contributed by atoms with Gasteiger partial charge >= 0.3 is 0 Å². The van der Waals surface area contributed by atoms with Gasteiger partial charge in [-0.25, -0.2) is 4.39 Å². The molecule has 1 saturated carbocycles. The zero-order chi connectivity index (χ0) is 11.0. The van der Waals surface area contributed by atoms with E-state index in [1.54, 1.807) is 6.07 Å². The molecule has 0 radical (unpaired) electrons. The Bertz CT molecular complexity index is 371. The molecule has 0 aromatic heterocycles. The van der Waals surface area contributed by atoms with E-state index in [0.29, 0.717) is 5.92 Å². The normalized spacial score (nSPS) is 29.6. The van der Waals surface area contributed by atoms with Gasteiger partial charge < -0.3 is 4.90 Å². The van der Waals surface area contributed by atoms with Gasteiger partial charge in [0.25, 0.3) is 0 Å². The standard InChI is InChI=1S/C14H18FN/c15-13-5-3-4-11(8-13)14-9-12(14)10-16-6-1-2-7-16/h3-5,8,12,14H,1-2,6-7,9-10H2. The van der Waals surface area contributed by atoms with E-state index in [-0.39, 0.29) is 5.82 Å². The maximum absolute atomic E-state index is 13.1. The van der Waals surface area contributed by atoms with Crippen molar-refractivity contribution in [2.75, 3.05) is 19.6 Å². The van der Waals surface area contributed by atoms with Crippen LogP contribution in [0.25, 0.3) is 0 Å². The van der Waals surface area contributed by atoms with Gasteiger partial charge in [0, 0.05) is 6.54 Å². The molecule has 86 valence electrons. The van der Waals surface area contributed by atoms with E-state index in [4.69, 9.17) is 0 Å². The largest absolute Gasteiger partial charge is 0.303 e. The molecule has 0 bridgehead atoms. The van der Waals surface area contributed by atoms with Crippen molar-refractivity contribution in [1.29, 1.82) is 0 Å². The van der Waals surface area contributed by atoms with Crippen LogP contribution in [0.5, 0.6) is 0 Å². The lowest BCUT2D eigenvalue weighted by Gasteiger charge is -2.13. The minimum Gasteiger partial charge on any atom is -0.303 e. The van der Waals surface area contributed by atoms with Crippen molar-refractivity contribution >= 4 is 0 Å². The van der Waals surface area contributed by atoms with Gasteiger partial charge in [0.05, 0.1) is 0 Å². The number of halogens is 1. The van der Waals surface area contributed by atoms with E-state index in [1.165, 1.54) is 50.5 Å². The van der Waals surface area contributed by atoms with Crippen molar-refractivity contribution in [3.8, 4) is 0 Å². The van der Waals surface area contributed by atoms with Gasteiger partial charge in [-0.1, -0.05) is 12.1 Å². The van der Waals surface area contributed by atoms with Crippen LogP contribution in [0, 0.1) is 11.7 Å². The predicted molar refractivity (Wildman–Crippen MR) is 62.9 cm³/mol. The maximum atomic E-state index is 13.1. The van der Waals surface area contributed by atoms with Gasteiger partial charge in [0.15, 0.2) is 0 Å². The van der Waals surface area contributed by atoms with Crippen molar-refractivity contribution in [2.24, 2.45) is 5.92 Å². The fourth-order valence-electron chi connectivity index (χ4n) is 2.89. The zero-order valence-electron chi connectivity index (χ0n) is 9.53. The van der Waals surface area contributed by atoms with Crippen LogP contribution in [0.4, 0.5) is 4.39 Å². The van der Waals surface area contributed by atoms with Gasteiger partial charge in [-0.15, -0.1) is 0 Å². The van der Waals surface area contributed by atoms with Crippen LogP contribution in [-0.4, -0.2) is 24.5 Å². The SMILES string of the molecule is Fc1cccc(C2CC2CN2CCCC2)c1. The highest BCUT2D eigenvalue weighted by atomic mass is 19.1. The fourth-order valence-corrected chi connectivity index (χ4v) is 2.89. The Kier molecular flexibility index (Phi) is 2.68. The van der Waals surface area contributed by atoms with Crippen LogP contribution in [0.1, 0.15) is 30.7 Å². The van der Waals surface area contributed by atoms with Crippen LogP contribution < -0.4 is 0 Å². The predicted octanol–water partition coefficient (Wildman–Crippen LogP) is 3.03. The van der Waals surface area contributed by atoms with E-state index in [9.17, 15) is 4.39 Å². The first-order valence-electron chi connectivity index (χ1n) is 6.31. The number of nitrogens with zero attached hydrogens (tertiary/aromatic N) is 1. The number of likely N-dealkylation sites (tertiary alicyclic amines) is 1. The number of hydrogen-bond donors (Lipinski definition) is 0. The molecule has 1 aliphatic heterocycles. The fraction of sp³-hybridized carbons (Fsp3) is 0.571. The van der Waals surface area contributed by atoms with Gasteiger partial charge in [0.2, 0.25) is 0 Å². The summed E-state index contributed by atoms with van der Waals surface area (Å²) in [6, 6.07) is 7.13. The summed E-state index contributed by atoms with van der Waals surface area (Å²) < 4.78 is 13.1. The molecule has 1 saturated heterocycles. The smallest absolute Gasteiger partial charge is 0.123 e. The third-order valence-electron chi connectivity index (χ3n) is 3.89. The van der Waals surface area contributed by atoms with Crippen LogP contribution in [0.2, 0.25) is 0 Å². The summed E-state index contributed by atoms with van der Waals surface area (Å²) in [5, 5.41) is 0. The highest BCUT2D eigenvalue weighted by molar-refractivity contribution is 5.26. The first-order valence-corrected chi connectivity index (χ1v) is 6.31. The number of benzene rings is 1. The van der Waals surface area contributed by atoms with Crippen LogP contribution in [-0.2, 0) is 0 Å². The molecule has 16 heavy (non-hydrogen) atoms. The van der Waals surface area contributed by atoms with Gasteiger partial charge in [-0.05, 0) is 61.9 Å². The lowest BCUT2D eigenvalue weighted by Crippen LogP contribution is -2.22. The second kappa shape index (κ2) is 4.17. The van der Waals surface area contributed by atoms with E-state index in [0.717, 1.165) is 5.92 Å². The summed E-state index contributed by atoms with van der Waals surface area (Å²) >= 11 is 0. The molecule has 2 fully saturated rings. The quantitative estimate of drug-likeness (QED) is 0.755. The Balaban J connectivity index is 1.58. The summed E-state index contributed by atoms with van der Waals surface area (Å²) in [5.41, 5.74) is 1.20. The number of hydrogen-bond acceptors (Lipinski definition) is 1. The molecule has 0 N–H and O–H groups in total. The summed E-state index contributed by atoms with van der Waals surface area (Å²) in [6.07, 6.45) is 3.97. The van der Waals surface area contributed by atoms with Crippen LogP contribution >= 0.6 is 0 Å². The number of rotatable bonds is 3. The lowest BCUT2D eigenvalue weighted by molar-refractivity contribution is 0.322. The Hall–Kier alpha value is -0.890. The van der Waals surface area contributed by atoms with E-state index in [1.807, 2.05) is 6.07 Å². The highest BCUT2D eigenvalue weighted by Crippen LogP contribution is 2.48. The van der Waals surface area contributed by atoms with Crippen LogP contribution in [0.3, 0.4) is 0 Å². The second-order valence-corrected chi connectivity index (χ2v) is 5.16. The third-order valence-corrected chi connectivity index (χ3v) is 3.89. The minimum atomic E-state index is -0.0932. The molecule has 1 aromatic carbocycles. The Morgan fingerprint density at radius 3 is 2.81 bits per heavy atom. The first-order chi connectivity index (χ1) is 7.83. The maximum Gasteiger partial charge on any atom is 0.123 e. The summed E-state index contributed by atoms with van der Waals surface area (Å²) in [6.45, 7) is 3.76. The Morgan fingerprint density at radius 2 is 2.06 bits per heavy atom. The summed E-state index contributed by atoms with van der Waals surface area (Å²) in [4.78, 5) is 2.56. The monoisotopic (exact) mass is 219 g/mol. The van der Waals surface area contributed by atoms with Crippen LogP contribution in [0.15, 0.2) is 24.3 Å². The average molecular weight is 219 g/mol. The third kappa shape index (κ3) is 2.12. The van der Waals surface area contributed by atoms with Gasteiger partial charge in [-0.2, -0.15) is 0 Å². The molecule has 1 nitrogen and oxygen atoms in total. The van der Waals surface area contributed by atoms with E-state index >= 15 is 0 Å².